The van der Waals surface area contributed by atoms with Crippen LogP contribution in [0.2, 0.25) is 5.02 Å². The molecule has 0 aliphatic rings. The molecule has 2 aromatic rings. The van der Waals surface area contributed by atoms with Crippen LogP contribution < -0.4 is 11.3 Å². The highest BCUT2D eigenvalue weighted by Gasteiger charge is 2.13. The van der Waals surface area contributed by atoms with Crippen molar-refractivity contribution in [2.75, 3.05) is 0 Å². The quantitative estimate of drug-likeness (QED) is 0.488. The van der Waals surface area contributed by atoms with E-state index in [9.17, 15) is 0 Å². The number of rotatable bonds is 4. The lowest BCUT2D eigenvalue weighted by Crippen LogP contribution is -2.30. The van der Waals surface area contributed by atoms with Gasteiger partial charge < -0.3 is 0 Å². The van der Waals surface area contributed by atoms with E-state index in [1.54, 1.807) is 0 Å². The first kappa shape index (κ1) is 13.8. The largest absolute Gasteiger partial charge is 0.271 e. The van der Waals surface area contributed by atoms with Gasteiger partial charge in [-0.2, -0.15) is 0 Å². The molecule has 0 amide bonds. The predicted octanol–water partition coefficient (Wildman–Crippen LogP) is 3.69. The molecule has 94 valence electrons. The van der Waals surface area contributed by atoms with Gasteiger partial charge in [0.1, 0.15) is 0 Å². The number of nitrogens with one attached hydrogen (secondary N) is 1. The van der Waals surface area contributed by atoms with E-state index in [0.717, 1.165) is 11.4 Å². The molecule has 1 atom stereocenters. The summed E-state index contributed by atoms with van der Waals surface area (Å²) in [7, 11) is 0. The molecule has 0 fully saturated rings. The zero-order valence-corrected chi connectivity index (χ0v) is 12.6. The average Bonchev–Trinajstić information content (AvgIpc) is 2.37. The van der Waals surface area contributed by atoms with Gasteiger partial charge in [0.05, 0.1) is 6.04 Å². The van der Waals surface area contributed by atoms with Gasteiger partial charge in [-0.15, -0.1) is 0 Å². The van der Waals surface area contributed by atoms with Gasteiger partial charge in [-0.3, -0.25) is 11.3 Å². The van der Waals surface area contributed by atoms with Gasteiger partial charge in [-0.25, -0.2) is 0 Å². The van der Waals surface area contributed by atoms with Crippen LogP contribution >= 0.6 is 34.2 Å². The molecular weight excluding hydrogens is 359 g/mol. The Morgan fingerprint density at radius 2 is 1.94 bits per heavy atom. The van der Waals surface area contributed by atoms with E-state index in [1.807, 2.05) is 30.3 Å². The molecule has 4 heteroatoms. The minimum atomic E-state index is 0.0940. The molecular formula is C14H14ClIN2. The first-order valence-electron chi connectivity index (χ1n) is 5.65. The summed E-state index contributed by atoms with van der Waals surface area (Å²) in [6, 6.07) is 16.2. The lowest BCUT2D eigenvalue weighted by atomic mass is 9.99. The van der Waals surface area contributed by atoms with Crippen molar-refractivity contribution in [2.45, 2.75) is 12.5 Å². The Kier molecular flexibility index (Phi) is 5.00. The fourth-order valence-electron chi connectivity index (χ4n) is 1.92. The van der Waals surface area contributed by atoms with Crippen LogP contribution in [0.3, 0.4) is 0 Å². The topological polar surface area (TPSA) is 38.0 Å². The first-order chi connectivity index (χ1) is 8.70. The number of hydrazine groups is 1. The lowest BCUT2D eigenvalue weighted by molar-refractivity contribution is 0.550. The van der Waals surface area contributed by atoms with Crippen LogP contribution in [0, 0.1) is 3.57 Å². The minimum absolute atomic E-state index is 0.0940. The van der Waals surface area contributed by atoms with Crippen molar-refractivity contribution in [3.05, 3.63) is 68.3 Å². The predicted molar refractivity (Wildman–Crippen MR) is 84.4 cm³/mol. The molecule has 0 heterocycles. The molecule has 2 aromatic carbocycles. The molecule has 0 radical (unpaired) electrons. The van der Waals surface area contributed by atoms with Crippen LogP contribution in [0.4, 0.5) is 0 Å². The van der Waals surface area contributed by atoms with Gasteiger partial charge in [-0.05, 0) is 58.3 Å². The number of hydrogen-bond donors (Lipinski definition) is 2. The van der Waals surface area contributed by atoms with E-state index in [-0.39, 0.29) is 6.04 Å². The van der Waals surface area contributed by atoms with Gasteiger partial charge in [0, 0.05) is 8.59 Å². The summed E-state index contributed by atoms with van der Waals surface area (Å²) in [6.07, 6.45) is 0.817. The van der Waals surface area contributed by atoms with E-state index in [0.29, 0.717) is 0 Å². The van der Waals surface area contributed by atoms with Crippen LogP contribution in [0.15, 0.2) is 48.5 Å². The molecule has 18 heavy (non-hydrogen) atoms. The van der Waals surface area contributed by atoms with Crippen LogP contribution in [-0.2, 0) is 6.42 Å². The fourth-order valence-corrected chi connectivity index (χ4v) is 2.89. The molecule has 2 rings (SSSR count). The molecule has 0 spiro atoms. The summed E-state index contributed by atoms with van der Waals surface area (Å²) in [6.45, 7) is 0. The first-order valence-corrected chi connectivity index (χ1v) is 7.11. The van der Waals surface area contributed by atoms with Crippen LogP contribution in [0.25, 0.3) is 0 Å². The summed E-state index contributed by atoms with van der Waals surface area (Å²) < 4.78 is 1.21. The summed E-state index contributed by atoms with van der Waals surface area (Å²) in [5.41, 5.74) is 5.26. The Morgan fingerprint density at radius 3 is 2.61 bits per heavy atom. The van der Waals surface area contributed by atoms with Crippen molar-refractivity contribution < 1.29 is 0 Å². The molecule has 0 aliphatic heterocycles. The minimum Gasteiger partial charge on any atom is -0.271 e. The van der Waals surface area contributed by atoms with E-state index >= 15 is 0 Å². The van der Waals surface area contributed by atoms with Crippen molar-refractivity contribution in [3.63, 3.8) is 0 Å². The molecule has 0 saturated heterocycles. The van der Waals surface area contributed by atoms with Crippen molar-refractivity contribution >= 4 is 34.2 Å². The number of hydrogen-bond acceptors (Lipinski definition) is 2. The zero-order chi connectivity index (χ0) is 13.0. The fraction of sp³-hybridized carbons (Fsp3) is 0.143. The highest BCUT2D eigenvalue weighted by atomic mass is 127. The second kappa shape index (κ2) is 6.52. The second-order valence-corrected chi connectivity index (χ2v) is 5.67. The smallest absolute Gasteiger partial charge is 0.0510 e. The summed E-state index contributed by atoms with van der Waals surface area (Å²) in [5, 5.41) is 0.756. The normalized spacial score (nSPS) is 12.4. The highest BCUT2D eigenvalue weighted by Crippen LogP contribution is 2.23. The van der Waals surface area contributed by atoms with Gasteiger partial charge in [0.15, 0.2) is 0 Å². The maximum Gasteiger partial charge on any atom is 0.0510 e. The number of halogens is 2. The Hall–Kier alpha value is -0.620. The maximum atomic E-state index is 6.00. The second-order valence-electron chi connectivity index (χ2n) is 4.07. The molecule has 0 bridgehead atoms. The van der Waals surface area contributed by atoms with Crippen molar-refractivity contribution in [1.29, 1.82) is 0 Å². The van der Waals surface area contributed by atoms with E-state index < -0.39 is 0 Å². The third-order valence-corrected chi connectivity index (χ3v) is 4.03. The van der Waals surface area contributed by atoms with Crippen molar-refractivity contribution in [1.82, 2.24) is 5.43 Å². The van der Waals surface area contributed by atoms with Gasteiger partial charge >= 0.3 is 0 Å². The van der Waals surface area contributed by atoms with E-state index in [1.165, 1.54) is 14.7 Å². The van der Waals surface area contributed by atoms with Gasteiger partial charge in [0.2, 0.25) is 0 Å². The Bertz CT molecular complexity index is 531. The molecule has 0 saturated carbocycles. The Balaban J connectivity index is 2.23. The van der Waals surface area contributed by atoms with Gasteiger partial charge in [0.25, 0.3) is 0 Å². The number of benzene rings is 2. The zero-order valence-electron chi connectivity index (χ0n) is 9.74. The van der Waals surface area contributed by atoms with E-state index in [2.05, 4.69) is 46.2 Å². The highest BCUT2D eigenvalue weighted by molar-refractivity contribution is 14.1. The summed E-state index contributed by atoms with van der Waals surface area (Å²) in [4.78, 5) is 0. The van der Waals surface area contributed by atoms with Crippen molar-refractivity contribution in [2.24, 2.45) is 5.84 Å². The Morgan fingerprint density at radius 1 is 1.17 bits per heavy atom. The third-order valence-electron chi connectivity index (χ3n) is 2.81. The van der Waals surface area contributed by atoms with Crippen LogP contribution in [0.5, 0.6) is 0 Å². The lowest BCUT2D eigenvalue weighted by Gasteiger charge is -2.18. The molecule has 0 aromatic heterocycles. The molecule has 0 aliphatic carbocycles. The maximum absolute atomic E-state index is 6.00. The number of nitrogens with two attached hydrogens (primary N) is 1. The Labute approximate surface area is 126 Å². The summed E-state index contributed by atoms with van der Waals surface area (Å²) >= 11 is 8.32. The average molecular weight is 373 g/mol. The molecule has 1 unspecified atom stereocenters. The standard InChI is InChI=1S/C14H14ClIN2/c15-11-5-3-4-10(8-11)9-14(18-17)12-6-1-2-7-13(12)16/h1-8,14,18H,9,17H2. The molecule has 3 N–H and O–H groups in total. The monoisotopic (exact) mass is 372 g/mol. The molecule has 2 nitrogen and oxygen atoms in total. The third kappa shape index (κ3) is 3.45. The van der Waals surface area contributed by atoms with Gasteiger partial charge in [-0.1, -0.05) is 41.9 Å². The van der Waals surface area contributed by atoms with Crippen molar-refractivity contribution in [3.8, 4) is 0 Å². The summed E-state index contributed by atoms with van der Waals surface area (Å²) in [5.74, 6) is 5.67. The SMILES string of the molecule is NNC(Cc1cccc(Cl)c1)c1ccccc1I. The van der Waals surface area contributed by atoms with Crippen LogP contribution in [-0.4, -0.2) is 0 Å². The van der Waals surface area contributed by atoms with E-state index in [4.69, 9.17) is 17.4 Å². The van der Waals surface area contributed by atoms with Crippen LogP contribution in [0.1, 0.15) is 17.2 Å².